The molecule has 0 radical (unpaired) electrons. The summed E-state index contributed by atoms with van der Waals surface area (Å²) in [5.74, 6) is 0.361. The molecule has 1 aromatic carbocycles. The van der Waals surface area contributed by atoms with Crippen molar-refractivity contribution in [3.63, 3.8) is 0 Å². The quantitative estimate of drug-likeness (QED) is 0.849. The van der Waals surface area contributed by atoms with Gasteiger partial charge in [0.05, 0.1) is 5.56 Å². The number of halogens is 3. The summed E-state index contributed by atoms with van der Waals surface area (Å²) in [6.07, 6.45) is -1.88. The van der Waals surface area contributed by atoms with Crippen LogP contribution >= 0.6 is 0 Å². The van der Waals surface area contributed by atoms with Gasteiger partial charge in [-0.3, -0.25) is 0 Å². The Morgan fingerprint density at radius 2 is 1.78 bits per heavy atom. The fourth-order valence-electron chi connectivity index (χ4n) is 2.21. The van der Waals surface area contributed by atoms with Crippen LogP contribution < -0.4 is 5.73 Å². The van der Waals surface area contributed by atoms with Crippen molar-refractivity contribution >= 4 is 0 Å². The minimum absolute atomic E-state index is 0.0801. The van der Waals surface area contributed by atoms with Crippen LogP contribution in [0.1, 0.15) is 37.8 Å². The van der Waals surface area contributed by atoms with Crippen LogP contribution in [0.3, 0.4) is 0 Å². The summed E-state index contributed by atoms with van der Waals surface area (Å²) < 4.78 is 37.7. The van der Waals surface area contributed by atoms with Crippen LogP contribution in [0.15, 0.2) is 24.3 Å². The van der Waals surface area contributed by atoms with Gasteiger partial charge in [-0.25, -0.2) is 0 Å². The van der Waals surface area contributed by atoms with E-state index in [-0.39, 0.29) is 6.04 Å². The van der Waals surface area contributed by atoms with Gasteiger partial charge in [-0.15, -0.1) is 0 Å². The average molecular weight is 259 g/mol. The lowest BCUT2D eigenvalue weighted by Gasteiger charge is -2.21. The zero-order chi connectivity index (χ0) is 13.8. The molecule has 1 nitrogen and oxygen atoms in total. The fraction of sp³-hybridized carbons (Fsp3) is 0.571. The van der Waals surface area contributed by atoms with Gasteiger partial charge in [-0.1, -0.05) is 44.9 Å². The van der Waals surface area contributed by atoms with Crippen LogP contribution in [-0.4, -0.2) is 6.04 Å². The minimum atomic E-state index is -4.28. The first-order valence-corrected chi connectivity index (χ1v) is 6.30. The van der Waals surface area contributed by atoms with Gasteiger partial charge in [0.25, 0.3) is 0 Å². The molecule has 1 rings (SSSR count). The molecule has 0 aromatic heterocycles. The molecule has 0 amide bonds. The maximum atomic E-state index is 12.6. The van der Waals surface area contributed by atoms with E-state index in [2.05, 4.69) is 13.8 Å². The maximum absolute atomic E-state index is 12.6. The second kappa shape index (κ2) is 6.23. The van der Waals surface area contributed by atoms with Gasteiger partial charge in [0.2, 0.25) is 0 Å². The summed E-state index contributed by atoms with van der Waals surface area (Å²) in [6, 6.07) is 5.35. The topological polar surface area (TPSA) is 26.0 Å². The van der Waals surface area contributed by atoms with Crippen LogP contribution in [0.4, 0.5) is 13.2 Å². The summed E-state index contributed by atoms with van der Waals surface area (Å²) in [7, 11) is 0. The molecule has 0 saturated carbocycles. The highest BCUT2D eigenvalue weighted by Crippen LogP contribution is 2.30. The lowest BCUT2D eigenvalue weighted by Crippen LogP contribution is -2.31. The molecular formula is C14H20F3N. The molecule has 0 aliphatic heterocycles. The molecule has 0 aliphatic rings. The van der Waals surface area contributed by atoms with Crippen molar-refractivity contribution in [3.05, 3.63) is 35.4 Å². The second-order valence-corrected chi connectivity index (χ2v) is 4.64. The van der Waals surface area contributed by atoms with Crippen molar-refractivity contribution in [3.8, 4) is 0 Å². The molecule has 4 heteroatoms. The van der Waals surface area contributed by atoms with Crippen molar-refractivity contribution in [2.45, 2.75) is 45.3 Å². The minimum Gasteiger partial charge on any atom is -0.327 e. The van der Waals surface area contributed by atoms with Crippen molar-refractivity contribution in [2.24, 2.45) is 11.7 Å². The first-order chi connectivity index (χ1) is 8.38. The molecule has 1 aromatic rings. The summed E-state index contributed by atoms with van der Waals surface area (Å²) in [5.41, 5.74) is 6.11. The Balaban J connectivity index is 2.79. The first kappa shape index (κ1) is 15.0. The van der Waals surface area contributed by atoms with Crippen LogP contribution in [0.25, 0.3) is 0 Å². The predicted molar refractivity (Wildman–Crippen MR) is 67.2 cm³/mol. The molecule has 0 saturated heterocycles. The van der Waals surface area contributed by atoms with Gasteiger partial charge < -0.3 is 5.73 Å². The third-order valence-corrected chi connectivity index (χ3v) is 3.38. The van der Waals surface area contributed by atoms with E-state index in [1.165, 1.54) is 12.1 Å². The highest BCUT2D eigenvalue weighted by Gasteiger charge is 2.30. The molecule has 0 aliphatic carbocycles. The van der Waals surface area contributed by atoms with Gasteiger partial charge in [-0.2, -0.15) is 13.2 Å². The molecule has 18 heavy (non-hydrogen) atoms. The van der Waals surface area contributed by atoms with Gasteiger partial charge in [0.1, 0.15) is 0 Å². The lowest BCUT2D eigenvalue weighted by molar-refractivity contribution is -0.137. The predicted octanol–water partition coefficient (Wildman–Crippen LogP) is 4.01. The van der Waals surface area contributed by atoms with E-state index in [1.807, 2.05) is 0 Å². The summed E-state index contributed by atoms with van der Waals surface area (Å²) >= 11 is 0. The number of rotatable bonds is 5. The summed E-state index contributed by atoms with van der Waals surface area (Å²) in [5, 5.41) is 0. The first-order valence-electron chi connectivity index (χ1n) is 6.30. The number of hydrogen-bond donors (Lipinski definition) is 1. The van der Waals surface area contributed by atoms with E-state index in [0.29, 0.717) is 17.9 Å². The molecule has 1 unspecified atom stereocenters. The Bertz CT molecular complexity index is 370. The van der Waals surface area contributed by atoms with E-state index in [4.69, 9.17) is 5.73 Å². The Labute approximate surface area is 106 Å². The normalized spacial score (nSPS) is 13.9. The second-order valence-electron chi connectivity index (χ2n) is 4.64. The highest BCUT2D eigenvalue weighted by atomic mass is 19.4. The third-order valence-electron chi connectivity index (χ3n) is 3.38. The van der Waals surface area contributed by atoms with E-state index in [9.17, 15) is 13.2 Å². The highest BCUT2D eigenvalue weighted by molar-refractivity contribution is 5.26. The third kappa shape index (κ3) is 4.02. The van der Waals surface area contributed by atoms with Crippen LogP contribution in [0.5, 0.6) is 0 Å². The zero-order valence-electron chi connectivity index (χ0n) is 10.8. The Morgan fingerprint density at radius 1 is 1.17 bits per heavy atom. The van der Waals surface area contributed by atoms with Gasteiger partial charge in [0.15, 0.2) is 0 Å². The van der Waals surface area contributed by atoms with Crippen molar-refractivity contribution in [1.82, 2.24) is 0 Å². The standard InChI is InChI=1S/C14H20F3N/c1-3-11(4-2)13(18)9-10-6-5-7-12(8-10)14(15,16)17/h5-8,11,13H,3-4,9,18H2,1-2H3. The molecule has 0 spiro atoms. The van der Waals surface area contributed by atoms with Crippen LogP contribution in [0.2, 0.25) is 0 Å². The molecule has 2 N–H and O–H groups in total. The Kier molecular flexibility index (Phi) is 5.20. The number of alkyl halides is 3. The zero-order valence-corrected chi connectivity index (χ0v) is 10.8. The van der Waals surface area contributed by atoms with Gasteiger partial charge in [0, 0.05) is 6.04 Å². The largest absolute Gasteiger partial charge is 0.416 e. The number of benzene rings is 1. The Morgan fingerprint density at radius 3 is 2.28 bits per heavy atom. The molecule has 0 fully saturated rings. The summed E-state index contributed by atoms with van der Waals surface area (Å²) in [4.78, 5) is 0. The Hall–Kier alpha value is -1.03. The van der Waals surface area contributed by atoms with E-state index in [1.54, 1.807) is 6.07 Å². The molecule has 1 atom stereocenters. The smallest absolute Gasteiger partial charge is 0.327 e. The lowest BCUT2D eigenvalue weighted by atomic mass is 9.90. The van der Waals surface area contributed by atoms with Crippen molar-refractivity contribution < 1.29 is 13.2 Å². The molecule has 102 valence electrons. The van der Waals surface area contributed by atoms with Crippen molar-refractivity contribution in [2.75, 3.05) is 0 Å². The van der Waals surface area contributed by atoms with E-state index < -0.39 is 11.7 Å². The molecule has 0 heterocycles. The maximum Gasteiger partial charge on any atom is 0.416 e. The van der Waals surface area contributed by atoms with Crippen LogP contribution in [0, 0.1) is 5.92 Å². The number of hydrogen-bond acceptors (Lipinski definition) is 1. The van der Waals surface area contributed by atoms with Gasteiger partial charge >= 0.3 is 6.18 Å². The average Bonchev–Trinajstić information content (AvgIpc) is 2.29. The van der Waals surface area contributed by atoms with Crippen molar-refractivity contribution in [1.29, 1.82) is 0 Å². The SMILES string of the molecule is CCC(CC)C(N)Cc1cccc(C(F)(F)F)c1. The molecular weight excluding hydrogens is 239 g/mol. The van der Waals surface area contributed by atoms with E-state index in [0.717, 1.165) is 18.9 Å². The monoisotopic (exact) mass is 259 g/mol. The summed E-state index contributed by atoms with van der Waals surface area (Å²) in [6.45, 7) is 4.11. The number of nitrogens with two attached hydrogens (primary N) is 1. The molecule has 0 bridgehead atoms. The van der Waals surface area contributed by atoms with E-state index >= 15 is 0 Å². The van der Waals surface area contributed by atoms with Crippen LogP contribution in [-0.2, 0) is 12.6 Å². The van der Waals surface area contributed by atoms with Gasteiger partial charge in [-0.05, 0) is 24.0 Å². The fourth-order valence-corrected chi connectivity index (χ4v) is 2.21.